The van der Waals surface area contributed by atoms with Crippen molar-refractivity contribution in [2.45, 2.75) is 0 Å². The average Bonchev–Trinajstić information content (AvgIpc) is 2.30. The van der Waals surface area contributed by atoms with E-state index in [0.29, 0.717) is 16.3 Å². The van der Waals surface area contributed by atoms with Crippen molar-refractivity contribution in [2.24, 2.45) is 0 Å². The molecule has 1 aromatic heterocycles. The van der Waals surface area contributed by atoms with Gasteiger partial charge in [-0.2, -0.15) is 0 Å². The van der Waals surface area contributed by atoms with Gasteiger partial charge in [0.1, 0.15) is 5.75 Å². The number of rotatable bonds is 2. The van der Waals surface area contributed by atoms with Crippen molar-refractivity contribution in [3.05, 3.63) is 50.3 Å². The van der Waals surface area contributed by atoms with Crippen LogP contribution in [0.25, 0.3) is 11.1 Å². The summed E-state index contributed by atoms with van der Waals surface area (Å²) in [6.07, 6.45) is 1.32. The summed E-state index contributed by atoms with van der Waals surface area (Å²) in [4.78, 5) is 27.1. The van der Waals surface area contributed by atoms with Gasteiger partial charge in [0.05, 0.1) is 12.7 Å². The summed E-state index contributed by atoms with van der Waals surface area (Å²) in [6, 6.07) is 4.94. The van der Waals surface area contributed by atoms with Crippen LogP contribution in [0, 0.1) is 0 Å². The van der Waals surface area contributed by atoms with E-state index < -0.39 is 11.2 Å². The summed E-state index contributed by atoms with van der Waals surface area (Å²) < 4.78 is 5.05. The Bertz CT molecular complexity index is 660. The van der Waals surface area contributed by atoms with Crippen LogP contribution < -0.4 is 16.0 Å². The Morgan fingerprint density at radius 3 is 2.65 bits per heavy atom. The summed E-state index contributed by atoms with van der Waals surface area (Å²) in [5.74, 6) is 0.579. The minimum atomic E-state index is -0.558. The van der Waals surface area contributed by atoms with Gasteiger partial charge in [-0.15, -0.1) is 0 Å². The molecule has 6 heteroatoms. The first kappa shape index (κ1) is 11.5. The number of hydrogen-bond acceptors (Lipinski definition) is 3. The number of H-pyrrole nitrogens is 2. The molecule has 0 saturated heterocycles. The number of benzene rings is 1. The molecule has 0 saturated carbocycles. The van der Waals surface area contributed by atoms with Crippen LogP contribution in [0.15, 0.2) is 34.0 Å². The lowest BCUT2D eigenvalue weighted by molar-refractivity contribution is 0.415. The van der Waals surface area contributed by atoms with E-state index in [0.717, 1.165) is 0 Å². The molecule has 2 aromatic rings. The van der Waals surface area contributed by atoms with Crippen molar-refractivity contribution in [2.75, 3.05) is 7.11 Å². The largest absolute Gasteiger partial charge is 0.497 e. The molecule has 0 amide bonds. The second kappa shape index (κ2) is 4.47. The molecule has 0 atom stereocenters. The van der Waals surface area contributed by atoms with Gasteiger partial charge >= 0.3 is 5.69 Å². The van der Waals surface area contributed by atoms with Crippen molar-refractivity contribution >= 4 is 11.6 Å². The number of methoxy groups -OCH3 is 1. The van der Waals surface area contributed by atoms with Gasteiger partial charge in [0.15, 0.2) is 0 Å². The molecule has 0 aliphatic carbocycles. The summed E-state index contributed by atoms with van der Waals surface area (Å²) in [7, 11) is 1.52. The molecule has 0 bridgehead atoms. The van der Waals surface area contributed by atoms with Crippen LogP contribution in [0.3, 0.4) is 0 Å². The zero-order valence-electron chi connectivity index (χ0n) is 8.91. The molecule has 5 nitrogen and oxygen atoms in total. The highest BCUT2D eigenvalue weighted by atomic mass is 35.5. The fraction of sp³-hybridized carbons (Fsp3) is 0.0909. The Morgan fingerprint density at radius 1 is 1.24 bits per heavy atom. The van der Waals surface area contributed by atoms with Crippen LogP contribution in [0.5, 0.6) is 5.75 Å². The van der Waals surface area contributed by atoms with Crippen molar-refractivity contribution < 1.29 is 4.74 Å². The molecular formula is C11H9ClN2O3. The second-order valence-corrected chi connectivity index (χ2v) is 3.74. The summed E-state index contributed by atoms with van der Waals surface area (Å²) in [5, 5.41) is 0.406. The standard InChI is InChI=1S/C11H9ClN2O3/c1-17-6-2-3-9(12)7(4-6)8-5-13-11(16)14-10(8)15/h2-5H,1H3,(H2,13,14,15,16). The van der Waals surface area contributed by atoms with E-state index in [1.54, 1.807) is 18.2 Å². The third kappa shape index (κ3) is 2.24. The monoisotopic (exact) mass is 252 g/mol. The zero-order chi connectivity index (χ0) is 12.4. The van der Waals surface area contributed by atoms with Crippen molar-refractivity contribution in [3.63, 3.8) is 0 Å². The minimum absolute atomic E-state index is 0.286. The van der Waals surface area contributed by atoms with Crippen molar-refractivity contribution in [1.29, 1.82) is 0 Å². The van der Waals surface area contributed by atoms with E-state index in [4.69, 9.17) is 16.3 Å². The first-order valence-corrected chi connectivity index (χ1v) is 5.15. The molecule has 0 unspecified atom stereocenters. The van der Waals surface area contributed by atoms with Gasteiger partial charge < -0.3 is 9.72 Å². The van der Waals surface area contributed by atoms with Crippen molar-refractivity contribution in [1.82, 2.24) is 9.97 Å². The quantitative estimate of drug-likeness (QED) is 0.848. The van der Waals surface area contributed by atoms with E-state index in [9.17, 15) is 9.59 Å². The van der Waals surface area contributed by atoms with Crippen LogP contribution in [0.4, 0.5) is 0 Å². The third-order valence-electron chi connectivity index (χ3n) is 2.28. The first-order chi connectivity index (χ1) is 8.11. The molecule has 0 aliphatic rings. The molecule has 17 heavy (non-hydrogen) atoms. The van der Waals surface area contributed by atoms with Gasteiger partial charge in [-0.3, -0.25) is 9.78 Å². The topological polar surface area (TPSA) is 75.0 Å². The zero-order valence-corrected chi connectivity index (χ0v) is 9.67. The van der Waals surface area contributed by atoms with Crippen LogP contribution >= 0.6 is 11.6 Å². The Hall–Kier alpha value is -2.01. The fourth-order valence-electron chi connectivity index (χ4n) is 1.45. The highest BCUT2D eigenvalue weighted by Gasteiger charge is 2.09. The van der Waals surface area contributed by atoms with Crippen LogP contribution in [-0.4, -0.2) is 17.1 Å². The Kier molecular flexibility index (Phi) is 3.01. The summed E-state index contributed by atoms with van der Waals surface area (Å²) in [5.41, 5.74) is -0.265. The van der Waals surface area contributed by atoms with Crippen LogP contribution in [-0.2, 0) is 0 Å². The second-order valence-electron chi connectivity index (χ2n) is 3.33. The van der Waals surface area contributed by atoms with Gasteiger partial charge in [-0.1, -0.05) is 11.6 Å². The maximum absolute atomic E-state index is 11.6. The predicted molar refractivity (Wildman–Crippen MR) is 64.7 cm³/mol. The van der Waals surface area contributed by atoms with E-state index in [1.807, 2.05) is 0 Å². The molecular weight excluding hydrogens is 244 g/mol. The number of ether oxygens (including phenoxy) is 1. The van der Waals surface area contributed by atoms with Crippen molar-refractivity contribution in [3.8, 4) is 16.9 Å². The van der Waals surface area contributed by atoms with E-state index >= 15 is 0 Å². The molecule has 2 rings (SSSR count). The normalized spacial score (nSPS) is 10.2. The maximum atomic E-state index is 11.6. The summed E-state index contributed by atoms with van der Waals surface area (Å²) in [6.45, 7) is 0. The smallest absolute Gasteiger partial charge is 0.325 e. The minimum Gasteiger partial charge on any atom is -0.497 e. The summed E-state index contributed by atoms with van der Waals surface area (Å²) >= 11 is 6.00. The Balaban J connectivity index is 2.67. The highest BCUT2D eigenvalue weighted by Crippen LogP contribution is 2.28. The molecule has 0 spiro atoms. The fourth-order valence-corrected chi connectivity index (χ4v) is 1.67. The lowest BCUT2D eigenvalue weighted by atomic mass is 10.1. The predicted octanol–water partition coefficient (Wildman–Crippen LogP) is 1.39. The Labute approximate surface area is 101 Å². The molecule has 0 aliphatic heterocycles. The average molecular weight is 253 g/mol. The van der Waals surface area contributed by atoms with E-state index in [1.165, 1.54) is 13.3 Å². The maximum Gasteiger partial charge on any atom is 0.325 e. The number of hydrogen-bond donors (Lipinski definition) is 2. The number of nitrogens with one attached hydrogen (secondary N) is 2. The first-order valence-electron chi connectivity index (χ1n) is 4.77. The highest BCUT2D eigenvalue weighted by molar-refractivity contribution is 6.33. The van der Waals surface area contributed by atoms with Gasteiger partial charge in [0.25, 0.3) is 5.56 Å². The number of halogens is 1. The van der Waals surface area contributed by atoms with Gasteiger partial charge in [0, 0.05) is 16.8 Å². The van der Waals surface area contributed by atoms with Crippen LogP contribution in [0.1, 0.15) is 0 Å². The number of aromatic nitrogens is 2. The SMILES string of the molecule is COc1ccc(Cl)c(-c2c[nH]c(=O)[nH]c2=O)c1. The lowest BCUT2D eigenvalue weighted by Crippen LogP contribution is -2.22. The molecule has 2 N–H and O–H groups in total. The van der Waals surface area contributed by atoms with Gasteiger partial charge in [-0.25, -0.2) is 4.79 Å². The number of aromatic amines is 2. The molecule has 0 fully saturated rings. The molecule has 1 aromatic carbocycles. The van der Waals surface area contributed by atoms with E-state index in [-0.39, 0.29) is 5.56 Å². The molecule has 1 heterocycles. The Morgan fingerprint density at radius 2 is 2.00 bits per heavy atom. The van der Waals surface area contributed by atoms with Crippen LogP contribution in [0.2, 0.25) is 5.02 Å². The molecule has 88 valence electrons. The third-order valence-corrected chi connectivity index (χ3v) is 2.61. The lowest BCUT2D eigenvalue weighted by Gasteiger charge is -2.05. The van der Waals surface area contributed by atoms with E-state index in [2.05, 4.69) is 9.97 Å². The molecule has 0 radical (unpaired) electrons. The van der Waals surface area contributed by atoms with Gasteiger partial charge in [0.2, 0.25) is 0 Å². The van der Waals surface area contributed by atoms with Gasteiger partial charge in [-0.05, 0) is 18.2 Å².